The van der Waals surface area contributed by atoms with Crippen LogP contribution in [-0.4, -0.2) is 96.7 Å². The molecule has 6 atom stereocenters. The maximum absolute atomic E-state index is 13.1. The first kappa shape index (κ1) is 99.1. The second kappa shape index (κ2) is 71.0. The van der Waals surface area contributed by atoms with E-state index in [1.165, 1.54) is 218 Å². The van der Waals surface area contributed by atoms with E-state index in [0.29, 0.717) is 25.7 Å². The van der Waals surface area contributed by atoms with Crippen LogP contribution < -0.4 is 0 Å². The molecule has 0 rings (SSSR count). The van der Waals surface area contributed by atoms with Gasteiger partial charge < -0.3 is 33.8 Å². The predicted octanol–water partition coefficient (Wildman–Crippen LogP) is 24.4. The molecule has 0 heterocycles. The number of esters is 4. The molecule has 0 radical (unpaired) electrons. The lowest BCUT2D eigenvalue weighted by Crippen LogP contribution is -2.30. The van der Waals surface area contributed by atoms with E-state index < -0.39 is 97.5 Å². The van der Waals surface area contributed by atoms with Crippen molar-refractivity contribution in [3.8, 4) is 0 Å². The molecule has 0 aromatic heterocycles. The Morgan fingerprint density at radius 2 is 0.475 bits per heavy atom. The first-order valence-corrected chi connectivity index (χ1v) is 45.2. The summed E-state index contributed by atoms with van der Waals surface area (Å²) in [4.78, 5) is 73.0. The van der Waals surface area contributed by atoms with Crippen LogP contribution >= 0.6 is 15.6 Å². The van der Waals surface area contributed by atoms with Gasteiger partial charge in [0, 0.05) is 25.7 Å². The Hall–Kier alpha value is -1.94. The molecule has 0 aromatic carbocycles. The second-order valence-corrected chi connectivity index (χ2v) is 34.1. The highest BCUT2D eigenvalue weighted by molar-refractivity contribution is 7.47. The van der Waals surface area contributed by atoms with Gasteiger partial charge in [-0.25, -0.2) is 9.13 Å². The molecule has 0 aliphatic carbocycles. The van der Waals surface area contributed by atoms with Gasteiger partial charge in [-0.15, -0.1) is 0 Å². The van der Waals surface area contributed by atoms with Crippen LogP contribution in [0.25, 0.3) is 0 Å². The average molecular weight is 1480 g/mol. The van der Waals surface area contributed by atoms with Crippen LogP contribution in [0.5, 0.6) is 0 Å². The zero-order chi connectivity index (χ0) is 74.6. The topological polar surface area (TPSA) is 237 Å². The fourth-order valence-electron chi connectivity index (χ4n) is 12.6. The number of aliphatic hydroxyl groups is 1. The van der Waals surface area contributed by atoms with E-state index in [9.17, 15) is 43.2 Å². The van der Waals surface area contributed by atoms with Gasteiger partial charge in [-0.1, -0.05) is 370 Å². The molecule has 0 aromatic rings. The van der Waals surface area contributed by atoms with Crippen LogP contribution in [0.1, 0.15) is 421 Å². The molecular weight excluding hydrogens is 1320 g/mol. The molecule has 3 N–H and O–H groups in total. The van der Waals surface area contributed by atoms with E-state index in [1.807, 2.05) is 0 Å². The molecule has 101 heavy (non-hydrogen) atoms. The third kappa shape index (κ3) is 74.7. The highest BCUT2D eigenvalue weighted by atomic mass is 31.2. The van der Waals surface area contributed by atoms with Crippen molar-refractivity contribution in [2.24, 2.45) is 23.7 Å². The monoisotopic (exact) mass is 1480 g/mol. The van der Waals surface area contributed by atoms with Gasteiger partial charge >= 0.3 is 39.5 Å². The molecule has 0 spiro atoms. The van der Waals surface area contributed by atoms with E-state index in [4.69, 9.17) is 37.0 Å². The first-order chi connectivity index (χ1) is 48.6. The van der Waals surface area contributed by atoms with E-state index in [-0.39, 0.29) is 25.7 Å². The van der Waals surface area contributed by atoms with Crippen LogP contribution in [0.15, 0.2) is 0 Å². The molecule has 600 valence electrons. The largest absolute Gasteiger partial charge is 0.472 e. The first-order valence-electron chi connectivity index (χ1n) is 42.2. The number of phosphoric ester groups is 2. The maximum Gasteiger partial charge on any atom is 0.472 e. The quantitative estimate of drug-likeness (QED) is 0.0222. The zero-order valence-corrected chi connectivity index (χ0v) is 68.3. The number of carbonyl (C=O) groups excluding carboxylic acids is 4. The summed E-state index contributed by atoms with van der Waals surface area (Å²) in [5.41, 5.74) is 0. The molecule has 0 fully saturated rings. The number of hydrogen-bond donors (Lipinski definition) is 3. The number of hydrogen-bond acceptors (Lipinski definition) is 15. The van der Waals surface area contributed by atoms with E-state index in [2.05, 4.69) is 55.4 Å². The van der Waals surface area contributed by atoms with Gasteiger partial charge in [0.1, 0.15) is 19.3 Å². The summed E-state index contributed by atoms with van der Waals surface area (Å²) in [5, 5.41) is 10.6. The molecule has 0 aliphatic rings. The summed E-state index contributed by atoms with van der Waals surface area (Å²) in [6.45, 7) is 14.3. The van der Waals surface area contributed by atoms with Crippen molar-refractivity contribution in [1.29, 1.82) is 0 Å². The molecule has 3 unspecified atom stereocenters. The van der Waals surface area contributed by atoms with Crippen molar-refractivity contribution in [3.63, 3.8) is 0 Å². The maximum atomic E-state index is 13.1. The van der Waals surface area contributed by atoms with Crippen molar-refractivity contribution in [2.75, 3.05) is 39.6 Å². The van der Waals surface area contributed by atoms with Gasteiger partial charge in [0.15, 0.2) is 12.2 Å². The predicted molar refractivity (Wildman–Crippen MR) is 414 cm³/mol. The molecule has 0 saturated carbocycles. The number of ether oxygens (including phenoxy) is 4. The number of phosphoric acid groups is 2. The van der Waals surface area contributed by atoms with E-state index in [1.54, 1.807) is 0 Å². The lowest BCUT2D eigenvalue weighted by atomic mass is 10.00. The number of rotatable bonds is 79. The van der Waals surface area contributed by atoms with Crippen LogP contribution in [-0.2, 0) is 65.4 Å². The molecule has 0 amide bonds. The molecule has 0 bridgehead atoms. The standard InChI is InChI=1S/C82H160O17P2/c1-9-75(8)61-53-45-40-41-47-55-63-80(85)93-69-78(99-82(87)65-57-49-39-33-25-21-17-13-11-15-19-23-29-35-43-51-59-73(4)5)71-97-101(90,91)95-67-76(83)66-94-100(88,89)96-70-77(68-92-79(84)62-54-46-37-31-27-26-30-36-44-52-60-74(6)7)98-81(86)64-56-48-38-32-24-20-16-12-10-14-18-22-28-34-42-50-58-72(2)3/h72-78,83H,9-71H2,1-8H3,(H,88,89)(H,90,91)/t75?,76-,77-,78-/m1/s1. The Kier molecular flexibility index (Phi) is 69.6. The summed E-state index contributed by atoms with van der Waals surface area (Å²) in [5.74, 6) is 0.994. The van der Waals surface area contributed by atoms with Gasteiger partial charge in [0.25, 0.3) is 0 Å². The van der Waals surface area contributed by atoms with Gasteiger partial charge in [0.05, 0.1) is 26.4 Å². The van der Waals surface area contributed by atoms with Crippen molar-refractivity contribution < 1.29 is 80.2 Å². The van der Waals surface area contributed by atoms with Crippen molar-refractivity contribution in [3.05, 3.63) is 0 Å². The lowest BCUT2D eigenvalue weighted by molar-refractivity contribution is -0.161. The van der Waals surface area contributed by atoms with Crippen molar-refractivity contribution >= 4 is 39.5 Å². The van der Waals surface area contributed by atoms with Crippen LogP contribution in [0.4, 0.5) is 0 Å². The average Bonchev–Trinajstić information content (AvgIpc) is 1.05. The normalized spacial score (nSPS) is 14.3. The second-order valence-electron chi connectivity index (χ2n) is 31.2. The van der Waals surface area contributed by atoms with E-state index in [0.717, 1.165) is 120 Å². The van der Waals surface area contributed by atoms with Crippen LogP contribution in [0, 0.1) is 23.7 Å². The summed E-state index contributed by atoms with van der Waals surface area (Å²) >= 11 is 0. The summed E-state index contributed by atoms with van der Waals surface area (Å²) in [6.07, 6.45) is 58.3. The Morgan fingerprint density at radius 1 is 0.277 bits per heavy atom. The minimum Gasteiger partial charge on any atom is -0.462 e. The minimum atomic E-state index is -4.96. The third-order valence-electron chi connectivity index (χ3n) is 19.4. The minimum absolute atomic E-state index is 0.107. The zero-order valence-electron chi connectivity index (χ0n) is 66.5. The Morgan fingerprint density at radius 3 is 0.703 bits per heavy atom. The smallest absolute Gasteiger partial charge is 0.462 e. The molecule has 17 nitrogen and oxygen atoms in total. The van der Waals surface area contributed by atoms with Crippen molar-refractivity contribution in [2.45, 2.75) is 440 Å². The highest BCUT2D eigenvalue weighted by Crippen LogP contribution is 2.45. The summed E-state index contributed by atoms with van der Waals surface area (Å²) < 4.78 is 68.7. The van der Waals surface area contributed by atoms with Crippen LogP contribution in [0.3, 0.4) is 0 Å². The fraction of sp³-hybridized carbons (Fsp3) is 0.951. The van der Waals surface area contributed by atoms with Crippen LogP contribution in [0.2, 0.25) is 0 Å². The number of unbranched alkanes of at least 4 members (excludes halogenated alkanes) is 44. The molecular formula is C82H160O17P2. The molecule has 19 heteroatoms. The Labute approximate surface area is 619 Å². The van der Waals surface area contributed by atoms with Gasteiger partial charge in [0.2, 0.25) is 0 Å². The summed E-state index contributed by atoms with van der Waals surface area (Å²) in [7, 11) is -9.92. The molecule has 0 saturated heterocycles. The fourth-order valence-corrected chi connectivity index (χ4v) is 14.2. The van der Waals surface area contributed by atoms with Gasteiger partial charge in [-0.2, -0.15) is 0 Å². The SMILES string of the molecule is CCC(C)CCCCCCCCC(=O)OC[C@H](COP(=O)(O)OC[C@H](O)COP(=O)(O)OC[C@@H](COC(=O)CCCCCCCCCCCCC(C)C)OC(=O)CCCCCCCCCCCCCCCCCCC(C)C)OC(=O)CCCCCCCCCCCCCCCCCCC(C)C. The Bertz CT molecular complexity index is 1970. The van der Waals surface area contributed by atoms with Gasteiger partial charge in [-0.05, 0) is 49.4 Å². The number of aliphatic hydroxyl groups excluding tert-OH is 1. The van der Waals surface area contributed by atoms with E-state index >= 15 is 0 Å². The third-order valence-corrected chi connectivity index (χ3v) is 21.3. The Balaban J connectivity index is 5.22. The molecule has 0 aliphatic heterocycles. The van der Waals surface area contributed by atoms with Crippen molar-refractivity contribution in [1.82, 2.24) is 0 Å². The lowest BCUT2D eigenvalue weighted by Gasteiger charge is -2.21. The summed E-state index contributed by atoms with van der Waals surface area (Å²) in [6, 6.07) is 0. The number of carbonyl (C=O) groups is 4. The van der Waals surface area contributed by atoms with Gasteiger partial charge in [-0.3, -0.25) is 37.3 Å². The highest BCUT2D eigenvalue weighted by Gasteiger charge is 2.30.